The van der Waals surface area contributed by atoms with Gasteiger partial charge < -0.3 is 14.6 Å². The van der Waals surface area contributed by atoms with Crippen LogP contribution in [0.25, 0.3) is 22.6 Å². The van der Waals surface area contributed by atoms with E-state index in [1.807, 2.05) is 36.0 Å². The lowest BCUT2D eigenvalue weighted by Gasteiger charge is -2.33. The fraction of sp³-hybridized carbons (Fsp3) is 0.348. The van der Waals surface area contributed by atoms with Crippen molar-refractivity contribution in [1.29, 1.82) is 0 Å². The molecule has 0 spiro atoms. The van der Waals surface area contributed by atoms with Crippen LogP contribution in [0.15, 0.2) is 47.7 Å². The Labute approximate surface area is 175 Å². The molecule has 4 aromatic rings. The minimum absolute atomic E-state index is 0.0695. The van der Waals surface area contributed by atoms with Crippen LogP contribution in [0.3, 0.4) is 0 Å². The van der Waals surface area contributed by atoms with E-state index in [0.717, 1.165) is 54.2 Å². The minimum Gasteiger partial charge on any atom is -0.368 e. The Morgan fingerprint density at radius 3 is 2.83 bits per heavy atom. The summed E-state index contributed by atoms with van der Waals surface area (Å²) < 4.78 is 3.67. The molecule has 1 aliphatic rings. The van der Waals surface area contributed by atoms with Gasteiger partial charge in [-0.3, -0.25) is 9.20 Å². The molecule has 0 amide bonds. The highest BCUT2D eigenvalue weighted by Gasteiger charge is 2.17. The molecule has 0 unspecified atom stereocenters. The normalized spacial score (nSPS) is 17.2. The number of nitrogens with zero attached hydrogens (tertiary/aromatic N) is 5. The third-order valence-electron chi connectivity index (χ3n) is 5.80. The molecular formula is C23H26N6O. The standard InChI is InChI=1S/C23H26N6O/c1-4-17-9-18(13-28-12-16(3)25-23(17)28)20-10-22(30)29-14-19(5-6-21(29)26-20)27-8-7-24-15(2)11-27/h5-6,9-10,12-15,24H,4,7-8,11H2,1-3H3/t15-/m0/s1. The van der Waals surface area contributed by atoms with Gasteiger partial charge >= 0.3 is 0 Å². The van der Waals surface area contributed by atoms with Crippen LogP contribution in [-0.2, 0) is 6.42 Å². The number of imidazole rings is 1. The van der Waals surface area contributed by atoms with E-state index in [4.69, 9.17) is 4.98 Å². The Bertz CT molecular complexity index is 1300. The van der Waals surface area contributed by atoms with E-state index in [9.17, 15) is 4.79 Å². The molecule has 7 heteroatoms. The fourth-order valence-corrected chi connectivity index (χ4v) is 4.29. The summed E-state index contributed by atoms with van der Waals surface area (Å²) >= 11 is 0. The summed E-state index contributed by atoms with van der Waals surface area (Å²) in [6.45, 7) is 9.08. The summed E-state index contributed by atoms with van der Waals surface area (Å²) in [5, 5.41) is 3.45. The zero-order valence-corrected chi connectivity index (χ0v) is 17.6. The molecule has 5 heterocycles. The van der Waals surface area contributed by atoms with E-state index in [1.165, 1.54) is 0 Å². The SMILES string of the molecule is CCc1cc(-c2cc(=O)n3cc(N4CCN[C@@H](C)C4)ccc3n2)cn2cc(C)nc12. The van der Waals surface area contributed by atoms with Crippen LogP contribution in [0.4, 0.5) is 5.69 Å². The topological polar surface area (TPSA) is 66.9 Å². The molecule has 5 rings (SSSR count). The number of anilines is 1. The molecule has 1 atom stereocenters. The van der Waals surface area contributed by atoms with Crippen LogP contribution in [0, 0.1) is 6.92 Å². The van der Waals surface area contributed by atoms with E-state index in [1.54, 1.807) is 10.5 Å². The monoisotopic (exact) mass is 402 g/mol. The largest absolute Gasteiger partial charge is 0.368 e. The molecule has 0 bridgehead atoms. The van der Waals surface area contributed by atoms with Crippen molar-refractivity contribution >= 4 is 17.0 Å². The fourth-order valence-electron chi connectivity index (χ4n) is 4.29. The van der Waals surface area contributed by atoms with Gasteiger partial charge in [0.05, 0.1) is 17.1 Å². The van der Waals surface area contributed by atoms with Gasteiger partial charge in [0, 0.05) is 55.9 Å². The molecular weight excluding hydrogens is 376 g/mol. The summed E-state index contributed by atoms with van der Waals surface area (Å²) in [6, 6.07) is 8.15. The van der Waals surface area contributed by atoms with E-state index in [-0.39, 0.29) is 5.56 Å². The van der Waals surface area contributed by atoms with Crippen molar-refractivity contribution in [2.45, 2.75) is 33.2 Å². The lowest BCUT2D eigenvalue weighted by molar-refractivity contribution is 0.484. The molecule has 1 N–H and O–H groups in total. The number of rotatable bonds is 3. The second kappa shape index (κ2) is 7.25. The number of fused-ring (bicyclic) bond motifs is 2. The molecule has 0 saturated carbocycles. The van der Waals surface area contributed by atoms with E-state index < -0.39 is 0 Å². The average molecular weight is 403 g/mol. The number of aryl methyl sites for hydroxylation is 2. The second-order valence-electron chi connectivity index (χ2n) is 8.12. The molecule has 4 aromatic heterocycles. The van der Waals surface area contributed by atoms with Crippen LogP contribution in [0.2, 0.25) is 0 Å². The van der Waals surface area contributed by atoms with Gasteiger partial charge in [-0.25, -0.2) is 9.97 Å². The first-order chi connectivity index (χ1) is 14.5. The summed E-state index contributed by atoms with van der Waals surface area (Å²) in [6.07, 6.45) is 6.79. The smallest absolute Gasteiger partial charge is 0.258 e. The third kappa shape index (κ3) is 3.25. The van der Waals surface area contributed by atoms with Crippen LogP contribution < -0.4 is 15.8 Å². The van der Waals surface area contributed by atoms with Gasteiger partial charge in [0.15, 0.2) is 0 Å². The number of piperazine rings is 1. The van der Waals surface area contributed by atoms with Crippen LogP contribution in [0.1, 0.15) is 25.1 Å². The Balaban J connectivity index is 1.59. The van der Waals surface area contributed by atoms with E-state index in [2.05, 4.69) is 41.2 Å². The van der Waals surface area contributed by atoms with Gasteiger partial charge in [0.2, 0.25) is 0 Å². The number of aromatic nitrogens is 4. The number of hydrogen-bond acceptors (Lipinski definition) is 5. The van der Waals surface area contributed by atoms with Gasteiger partial charge in [-0.15, -0.1) is 0 Å². The van der Waals surface area contributed by atoms with Crippen molar-refractivity contribution in [1.82, 2.24) is 24.1 Å². The zero-order valence-electron chi connectivity index (χ0n) is 17.6. The summed E-state index contributed by atoms with van der Waals surface area (Å²) in [4.78, 5) is 24.7. The van der Waals surface area contributed by atoms with Gasteiger partial charge in [0.25, 0.3) is 5.56 Å². The molecule has 0 aliphatic carbocycles. The molecule has 1 saturated heterocycles. The highest BCUT2D eigenvalue weighted by Crippen LogP contribution is 2.23. The first-order valence-electron chi connectivity index (χ1n) is 10.5. The van der Waals surface area contributed by atoms with Crippen molar-refractivity contribution in [3.8, 4) is 11.3 Å². The van der Waals surface area contributed by atoms with E-state index >= 15 is 0 Å². The summed E-state index contributed by atoms with van der Waals surface area (Å²) in [5.74, 6) is 0. The van der Waals surface area contributed by atoms with Crippen molar-refractivity contribution in [3.63, 3.8) is 0 Å². The molecule has 1 aliphatic heterocycles. The zero-order chi connectivity index (χ0) is 20.8. The molecule has 7 nitrogen and oxygen atoms in total. The number of hydrogen-bond donors (Lipinski definition) is 1. The molecule has 0 radical (unpaired) electrons. The van der Waals surface area contributed by atoms with Gasteiger partial charge in [-0.1, -0.05) is 6.92 Å². The number of pyridine rings is 2. The van der Waals surface area contributed by atoms with Gasteiger partial charge in [-0.2, -0.15) is 0 Å². The third-order valence-corrected chi connectivity index (χ3v) is 5.80. The lowest BCUT2D eigenvalue weighted by atomic mass is 10.1. The Kier molecular flexibility index (Phi) is 4.55. The average Bonchev–Trinajstić information content (AvgIpc) is 3.13. The maximum absolute atomic E-state index is 13.0. The Morgan fingerprint density at radius 2 is 2.03 bits per heavy atom. The molecule has 1 fully saturated rings. The number of nitrogens with one attached hydrogen (secondary N) is 1. The quantitative estimate of drug-likeness (QED) is 0.571. The van der Waals surface area contributed by atoms with Gasteiger partial charge in [0.1, 0.15) is 11.3 Å². The highest BCUT2D eigenvalue weighted by molar-refractivity contribution is 5.66. The van der Waals surface area contributed by atoms with Gasteiger partial charge in [-0.05, 0) is 44.0 Å². The minimum atomic E-state index is -0.0695. The van der Waals surface area contributed by atoms with Crippen molar-refractivity contribution < 1.29 is 0 Å². The van der Waals surface area contributed by atoms with E-state index in [0.29, 0.717) is 17.4 Å². The predicted octanol–water partition coefficient (Wildman–Crippen LogP) is 2.68. The van der Waals surface area contributed by atoms with Crippen molar-refractivity contribution in [2.24, 2.45) is 0 Å². The predicted molar refractivity (Wildman–Crippen MR) is 119 cm³/mol. The van der Waals surface area contributed by atoms with Crippen molar-refractivity contribution in [3.05, 3.63) is 64.5 Å². The van der Waals surface area contributed by atoms with Crippen LogP contribution >= 0.6 is 0 Å². The summed E-state index contributed by atoms with van der Waals surface area (Å²) in [5.41, 5.74) is 6.34. The molecule has 0 aromatic carbocycles. The molecule has 30 heavy (non-hydrogen) atoms. The van der Waals surface area contributed by atoms with Crippen LogP contribution in [0.5, 0.6) is 0 Å². The first-order valence-corrected chi connectivity index (χ1v) is 10.5. The Morgan fingerprint density at radius 1 is 1.17 bits per heavy atom. The maximum atomic E-state index is 13.0. The van der Waals surface area contributed by atoms with Crippen molar-refractivity contribution in [2.75, 3.05) is 24.5 Å². The Hall–Kier alpha value is -3.19. The summed E-state index contributed by atoms with van der Waals surface area (Å²) in [7, 11) is 0. The second-order valence-corrected chi connectivity index (χ2v) is 8.12. The first kappa shape index (κ1) is 18.8. The lowest BCUT2D eigenvalue weighted by Crippen LogP contribution is -2.49. The maximum Gasteiger partial charge on any atom is 0.258 e. The molecule has 154 valence electrons. The van der Waals surface area contributed by atoms with Crippen LogP contribution in [-0.4, -0.2) is 44.4 Å². The highest BCUT2D eigenvalue weighted by atomic mass is 16.1.